The molecule has 2 heterocycles. The molecule has 2 saturated heterocycles. The smallest absolute Gasteiger partial charge is 0.318 e. The van der Waals surface area contributed by atoms with Crippen molar-refractivity contribution < 1.29 is 9.90 Å². The van der Waals surface area contributed by atoms with Gasteiger partial charge in [0.1, 0.15) is 5.75 Å². The Morgan fingerprint density at radius 1 is 1.29 bits per heavy atom. The molecule has 21 heavy (non-hydrogen) atoms. The molecule has 5 nitrogen and oxygen atoms in total. The summed E-state index contributed by atoms with van der Waals surface area (Å²) in [6, 6.07) is 2.87. The molecule has 3 rings (SSSR count). The van der Waals surface area contributed by atoms with Crippen LogP contribution in [-0.2, 0) is 0 Å². The number of halogens is 2. The van der Waals surface area contributed by atoms with Gasteiger partial charge in [0, 0.05) is 24.7 Å². The van der Waals surface area contributed by atoms with Gasteiger partial charge in [-0.1, -0.05) is 23.2 Å². The highest BCUT2D eigenvalue weighted by molar-refractivity contribution is 6.42. The lowest BCUT2D eigenvalue weighted by Gasteiger charge is -2.37. The quantitative estimate of drug-likeness (QED) is 0.781. The molecule has 7 heteroatoms. The summed E-state index contributed by atoms with van der Waals surface area (Å²) in [5.74, 6) is 0.0608. The lowest BCUT2D eigenvalue weighted by molar-refractivity contribution is 0.153. The molecule has 0 radical (unpaired) electrons. The van der Waals surface area contributed by atoms with Crippen LogP contribution < -0.4 is 10.6 Å². The largest absolute Gasteiger partial charge is 0.508 e. The lowest BCUT2D eigenvalue weighted by Crippen LogP contribution is -2.52. The van der Waals surface area contributed by atoms with E-state index in [1.807, 2.05) is 4.90 Å². The van der Waals surface area contributed by atoms with Crippen LogP contribution in [0.4, 0.5) is 4.79 Å². The van der Waals surface area contributed by atoms with Crippen molar-refractivity contribution in [1.29, 1.82) is 0 Å². The Kier molecular flexibility index (Phi) is 4.15. The van der Waals surface area contributed by atoms with E-state index in [1.165, 1.54) is 6.07 Å². The first-order valence-corrected chi connectivity index (χ1v) is 7.78. The van der Waals surface area contributed by atoms with Gasteiger partial charge in [0.15, 0.2) is 0 Å². The molecule has 2 aliphatic heterocycles. The van der Waals surface area contributed by atoms with Gasteiger partial charge < -0.3 is 20.6 Å². The zero-order valence-corrected chi connectivity index (χ0v) is 12.9. The number of urea groups is 1. The number of nitrogens with one attached hydrogen (secondary N) is 2. The van der Waals surface area contributed by atoms with Crippen LogP contribution in [0.3, 0.4) is 0 Å². The third-order valence-corrected chi connectivity index (χ3v) is 4.97. The maximum Gasteiger partial charge on any atom is 0.318 e. The first-order valence-electron chi connectivity index (χ1n) is 7.02. The monoisotopic (exact) mass is 329 g/mol. The van der Waals surface area contributed by atoms with Crippen LogP contribution in [0, 0.1) is 0 Å². The Bertz CT molecular complexity index is 561. The van der Waals surface area contributed by atoms with Crippen LogP contribution in [0.15, 0.2) is 12.1 Å². The molecule has 1 aromatic rings. The predicted octanol–water partition coefficient (Wildman–Crippen LogP) is 2.52. The van der Waals surface area contributed by atoms with Crippen LogP contribution in [0.2, 0.25) is 10.0 Å². The standard InChI is InChI=1S/C14H17Cl2N3O2/c15-9-1-2-11(20)12(13(9)16)10-4-6-19(14(21)18-10)8-3-5-17-7-8/h1-2,8,10,17,20H,3-7H2,(H,18,21)/t8-,10+/m0/s1. The van der Waals surface area contributed by atoms with Gasteiger partial charge >= 0.3 is 6.03 Å². The number of benzene rings is 1. The molecular formula is C14H17Cl2N3O2. The van der Waals surface area contributed by atoms with Gasteiger partial charge in [-0.15, -0.1) is 0 Å². The third kappa shape index (κ3) is 2.78. The lowest BCUT2D eigenvalue weighted by atomic mass is 10.00. The van der Waals surface area contributed by atoms with Gasteiger partial charge in [-0.05, 0) is 31.5 Å². The fourth-order valence-corrected chi connectivity index (χ4v) is 3.49. The molecule has 1 aromatic carbocycles. The van der Waals surface area contributed by atoms with Gasteiger partial charge in [0.05, 0.1) is 16.1 Å². The van der Waals surface area contributed by atoms with E-state index in [4.69, 9.17) is 23.2 Å². The number of hydrogen-bond acceptors (Lipinski definition) is 3. The second-order valence-corrected chi connectivity index (χ2v) is 6.21. The van der Waals surface area contributed by atoms with Gasteiger partial charge in [-0.2, -0.15) is 0 Å². The minimum absolute atomic E-state index is 0.0608. The first kappa shape index (κ1) is 14.8. The molecule has 0 spiro atoms. The van der Waals surface area contributed by atoms with E-state index in [0.29, 0.717) is 28.6 Å². The van der Waals surface area contributed by atoms with Crippen LogP contribution in [0.1, 0.15) is 24.4 Å². The molecular weight excluding hydrogens is 313 g/mol. The molecule has 2 atom stereocenters. The van der Waals surface area contributed by atoms with Crippen molar-refractivity contribution in [2.75, 3.05) is 19.6 Å². The van der Waals surface area contributed by atoms with Crippen molar-refractivity contribution in [2.45, 2.75) is 24.9 Å². The summed E-state index contributed by atoms with van der Waals surface area (Å²) in [6.07, 6.45) is 1.66. The van der Waals surface area contributed by atoms with Gasteiger partial charge in [-0.3, -0.25) is 0 Å². The van der Waals surface area contributed by atoms with Gasteiger partial charge in [0.2, 0.25) is 0 Å². The van der Waals surface area contributed by atoms with Gasteiger partial charge in [0.25, 0.3) is 0 Å². The summed E-state index contributed by atoms with van der Waals surface area (Å²) in [7, 11) is 0. The molecule has 0 bridgehead atoms. The second-order valence-electron chi connectivity index (χ2n) is 5.42. The summed E-state index contributed by atoms with van der Waals surface area (Å²) < 4.78 is 0. The minimum atomic E-state index is -0.311. The van der Waals surface area contributed by atoms with Gasteiger partial charge in [-0.25, -0.2) is 4.79 Å². The molecule has 0 aliphatic carbocycles. The highest BCUT2D eigenvalue weighted by atomic mass is 35.5. The number of hydrogen-bond donors (Lipinski definition) is 3. The topological polar surface area (TPSA) is 64.6 Å². The minimum Gasteiger partial charge on any atom is -0.508 e. The van der Waals surface area contributed by atoms with Crippen molar-refractivity contribution >= 4 is 29.2 Å². The van der Waals surface area contributed by atoms with E-state index in [0.717, 1.165) is 19.5 Å². The maximum absolute atomic E-state index is 12.3. The van der Waals surface area contributed by atoms with Crippen LogP contribution in [0.5, 0.6) is 5.75 Å². The molecule has 2 aliphatic rings. The van der Waals surface area contributed by atoms with Crippen molar-refractivity contribution in [3.8, 4) is 5.75 Å². The number of rotatable bonds is 2. The Labute approximate surface area is 133 Å². The highest BCUT2D eigenvalue weighted by Gasteiger charge is 2.34. The highest BCUT2D eigenvalue weighted by Crippen LogP contribution is 2.39. The predicted molar refractivity (Wildman–Crippen MR) is 82.0 cm³/mol. The number of phenolic OH excluding ortho intramolecular Hbond substituents is 1. The molecule has 3 N–H and O–H groups in total. The number of nitrogens with zero attached hydrogens (tertiary/aromatic N) is 1. The molecule has 114 valence electrons. The van der Waals surface area contributed by atoms with E-state index in [9.17, 15) is 9.90 Å². The fourth-order valence-electron chi connectivity index (χ4n) is 3.03. The normalized spacial score (nSPS) is 26.0. The van der Waals surface area contributed by atoms with Crippen LogP contribution >= 0.6 is 23.2 Å². The number of phenols is 1. The number of carbonyl (C=O) groups is 1. The summed E-state index contributed by atoms with van der Waals surface area (Å²) in [6.45, 7) is 2.42. The number of aromatic hydroxyl groups is 1. The average molecular weight is 330 g/mol. The molecule has 2 amide bonds. The maximum atomic E-state index is 12.3. The Balaban J connectivity index is 1.78. The Hall–Kier alpha value is -1.17. The van der Waals surface area contributed by atoms with E-state index < -0.39 is 0 Å². The van der Waals surface area contributed by atoms with Crippen LogP contribution in [0.25, 0.3) is 0 Å². The van der Waals surface area contributed by atoms with Crippen molar-refractivity contribution in [3.05, 3.63) is 27.7 Å². The average Bonchev–Trinajstić information content (AvgIpc) is 2.97. The van der Waals surface area contributed by atoms with Crippen molar-refractivity contribution in [1.82, 2.24) is 15.5 Å². The van der Waals surface area contributed by atoms with E-state index in [1.54, 1.807) is 6.07 Å². The van der Waals surface area contributed by atoms with Crippen molar-refractivity contribution in [3.63, 3.8) is 0 Å². The summed E-state index contributed by atoms with van der Waals surface area (Å²) in [4.78, 5) is 14.2. The number of amides is 2. The fraction of sp³-hybridized carbons (Fsp3) is 0.500. The molecule has 2 fully saturated rings. The van der Waals surface area contributed by atoms with Crippen molar-refractivity contribution in [2.24, 2.45) is 0 Å². The molecule has 0 aromatic heterocycles. The zero-order chi connectivity index (χ0) is 15.0. The summed E-state index contributed by atoms with van der Waals surface area (Å²) in [5, 5.41) is 16.9. The molecule has 0 unspecified atom stereocenters. The van der Waals surface area contributed by atoms with E-state index in [2.05, 4.69) is 10.6 Å². The zero-order valence-electron chi connectivity index (χ0n) is 11.4. The summed E-state index contributed by atoms with van der Waals surface area (Å²) >= 11 is 12.2. The third-order valence-electron chi connectivity index (χ3n) is 4.15. The Morgan fingerprint density at radius 2 is 2.10 bits per heavy atom. The van der Waals surface area contributed by atoms with E-state index in [-0.39, 0.29) is 23.9 Å². The SMILES string of the molecule is O=C1N[C@@H](c2c(O)ccc(Cl)c2Cl)CCN1[C@H]1CCNC1. The molecule has 0 saturated carbocycles. The first-order chi connectivity index (χ1) is 10.1. The Morgan fingerprint density at radius 3 is 2.76 bits per heavy atom. The van der Waals surface area contributed by atoms with E-state index >= 15 is 0 Å². The number of carbonyl (C=O) groups excluding carboxylic acids is 1. The van der Waals surface area contributed by atoms with Crippen LogP contribution in [-0.4, -0.2) is 41.7 Å². The second kappa shape index (κ2) is 5.91. The summed E-state index contributed by atoms with van der Waals surface area (Å²) in [5.41, 5.74) is 0.502.